The zero-order valence-corrected chi connectivity index (χ0v) is 11.9. The second-order valence-electron chi connectivity index (χ2n) is 3.60. The molecule has 0 radical (unpaired) electrons. The number of carboxylic acid groups (broad SMARTS) is 1. The molecule has 0 fully saturated rings. The maximum atomic E-state index is 11.2. The number of aromatic nitrogens is 2. The van der Waals surface area contributed by atoms with Crippen molar-refractivity contribution in [3.05, 3.63) is 10.7 Å². The smallest absolute Gasteiger partial charge is 0.348 e. The Labute approximate surface area is 113 Å². The molecular formula is C11H13N3O2S2. The largest absolute Gasteiger partial charge is 0.477 e. The first kappa shape index (κ1) is 13.1. The molecule has 0 saturated carbocycles. The van der Waals surface area contributed by atoms with E-state index in [1.54, 1.807) is 6.92 Å². The molecular weight excluding hydrogens is 270 g/mol. The minimum absolute atomic E-state index is 0.277. The molecule has 0 aliphatic rings. The molecule has 96 valence electrons. The summed E-state index contributed by atoms with van der Waals surface area (Å²) in [4.78, 5) is 20.1. The quantitative estimate of drug-likeness (QED) is 0.840. The van der Waals surface area contributed by atoms with Gasteiger partial charge in [-0.25, -0.2) is 14.8 Å². The number of hydrogen-bond acceptors (Lipinski definition) is 6. The summed E-state index contributed by atoms with van der Waals surface area (Å²) in [7, 11) is 0. The Balaban J connectivity index is 2.81. The van der Waals surface area contributed by atoms with Crippen molar-refractivity contribution < 1.29 is 9.90 Å². The van der Waals surface area contributed by atoms with Gasteiger partial charge in [0.05, 0.1) is 9.60 Å². The van der Waals surface area contributed by atoms with Gasteiger partial charge in [0, 0.05) is 6.54 Å². The maximum Gasteiger partial charge on any atom is 0.348 e. The van der Waals surface area contributed by atoms with Crippen LogP contribution in [0.25, 0.3) is 10.9 Å². The lowest BCUT2D eigenvalue weighted by atomic mass is 10.3. The van der Waals surface area contributed by atoms with Gasteiger partial charge in [0.2, 0.25) is 0 Å². The highest BCUT2D eigenvalue weighted by Gasteiger charge is 2.21. The maximum absolute atomic E-state index is 11.2. The summed E-state index contributed by atoms with van der Waals surface area (Å²) in [5, 5.41) is 13.2. The van der Waals surface area contributed by atoms with Gasteiger partial charge in [-0.05, 0) is 20.1 Å². The molecule has 0 amide bonds. The summed E-state index contributed by atoms with van der Waals surface area (Å²) in [5.41, 5.74) is 0.528. The number of rotatable bonds is 4. The fraction of sp³-hybridized carbons (Fsp3) is 0.364. The summed E-state index contributed by atoms with van der Waals surface area (Å²) in [6.07, 6.45) is 1.92. The fourth-order valence-electron chi connectivity index (χ4n) is 1.71. The molecule has 0 aromatic carbocycles. The van der Waals surface area contributed by atoms with E-state index >= 15 is 0 Å². The van der Waals surface area contributed by atoms with Crippen molar-refractivity contribution in [3.8, 4) is 0 Å². The van der Waals surface area contributed by atoms with Gasteiger partial charge in [0.15, 0.2) is 0 Å². The number of thiophene rings is 1. The Bertz CT molecular complexity index is 610. The molecule has 18 heavy (non-hydrogen) atoms. The van der Waals surface area contributed by atoms with E-state index in [1.165, 1.54) is 23.1 Å². The van der Waals surface area contributed by atoms with Crippen LogP contribution in [0.1, 0.15) is 22.4 Å². The molecule has 5 nitrogen and oxygen atoms in total. The Morgan fingerprint density at radius 1 is 1.50 bits per heavy atom. The Morgan fingerprint density at radius 3 is 2.78 bits per heavy atom. The lowest BCUT2D eigenvalue weighted by Gasteiger charge is -2.06. The number of carbonyl (C=O) groups is 1. The van der Waals surface area contributed by atoms with Crippen LogP contribution in [-0.2, 0) is 0 Å². The van der Waals surface area contributed by atoms with Crippen LogP contribution in [0.2, 0.25) is 0 Å². The molecule has 2 rings (SSSR count). The van der Waals surface area contributed by atoms with Crippen LogP contribution in [0.3, 0.4) is 0 Å². The number of carboxylic acids is 1. The molecule has 0 bridgehead atoms. The van der Waals surface area contributed by atoms with Crippen molar-refractivity contribution >= 4 is 45.8 Å². The highest BCUT2D eigenvalue weighted by molar-refractivity contribution is 8.00. The Kier molecular flexibility index (Phi) is 3.72. The van der Waals surface area contributed by atoms with E-state index in [2.05, 4.69) is 15.3 Å². The average Bonchev–Trinajstić information content (AvgIpc) is 2.68. The highest BCUT2D eigenvalue weighted by atomic mass is 32.2. The Hall–Kier alpha value is -1.34. The first-order valence-electron chi connectivity index (χ1n) is 5.40. The summed E-state index contributed by atoms with van der Waals surface area (Å²) in [6.45, 7) is 4.48. The lowest BCUT2D eigenvalue weighted by Crippen LogP contribution is -2.03. The van der Waals surface area contributed by atoms with Gasteiger partial charge in [-0.15, -0.1) is 23.1 Å². The number of fused-ring (bicyclic) bond motifs is 1. The molecule has 0 spiro atoms. The van der Waals surface area contributed by atoms with Crippen LogP contribution in [0.15, 0.2) is 4.21 Å². The van der Waals surface area contributed by atoms with Gasteiger partial charge in [-0.1, -0.05) is 0 Å². The molecule has 0 unspecified atom stereocenters. The second-order valence-corrected chi connectivity index (χ2v) is 5.70. The third-order valence-electron chi connectivity index (χ3n) is 2.36. The zero-order valence-electron chi connectivity index (χ0n) is 10.3. The van der Waals surface area contributed by atoms with Gasteiger partial charge in [-0.2, -0.15) is 0 Å². The van der Waals surface area contributed by atoms with Crippen molar-refractivity contribution in [2.24, 2.45) is 0 Å². The Morgan fingerprint density at radius 2 is 2.22 bits per heavy atom. The SMILES string of the molecule is CCNc1nc(C)nc2c(C(=O)O)sc(SC)c12. The average molecular weight is 283 g/mol. The predicted molar refractivity (Wildman–Crippen MR) is 75.1 cm³/mol. The molecule has 2 N–H and O–H groups in total. The van der Waals surface area contributed by atoms with Crippen LogP contribution >= 0.6 is 23.1 Å². The number of thioether (sulfide) groups is 1. The summed E-state index contributed by atoms with van der Waals surface area (Å²) in [6, 6.07) is 0. The minimum atomic E-state index is -0.939. The van der Waals surface area contributed by atoms with Crippen molar-refractivity contribution in [3.63, 3.8) is 0 Å². The lowest BCUT2D eigenvalue weighted by molar-refractivity contribution is 0.0704. The first-order chi connectivity index (χ1) is 8.58. The summed E-state index contributed by atoms with van der Waals surface area (Å²) in [5.74, 6) is 0.352. The number of anilines is 1. The van der Waals surface area contributed by atoms with Crippen LogP contribution in [-0.4, -0.2) is 33.8 Å². The van der Waals surface area contributed by atoms with E-state index in [0.29, 0.717) is 17.2 Å². The second kappa shape index (κ2) is 5.11. The molecule has 0 saturated heterocycles. The number of nitrogens with zero attached hydrogens (tertiary/aromatic N) is 2. The fourth-order valence-corrected chi connectivity index (χ4v) is 3.50. The van der Waals surface area contributed by atoms with E-state index in [1.807, 2.05) is 13.2 Å². The normalized spacial score (nSPS) is 10.8. The number of aromatic carboxylic acids is 1. The molecule has 0 aliphatic heterocycles. The van der Waals surface area contributed by atoms with Crippen molar-refractivity contribution in [1.29, 1.82) is 0 Å². The molecule has 0 atom stereocenters. The van der Waals surface area contributed by atoms with Gasteiger partial charge in [0.1, 0.15) is 22.0 Å². The van der Waals surface area contributed by atoms with Gasteiger partial charge in [-0.3, -0.25) is 0 Å². The number of aryl methyl sites for hydroxylation is 1. The van der Waals surface area contributed by atoms with Crippen LogP contribution < -0.4 is 5.32 Å². The van der Waals surface area contributed by atoms with E-state index in [0.717, 1.165) is 16.1 Å². The standard InChI is InChI=1S/C11H13N3O2S2/c1-4-12-9-6-7(13-5(2)14-9)8(10(15)16)18-11(6)17-3/h4H2,1-3H3,(H,15,16)(H,12,13,14). The van der Waals surface area contributed by atoms with E-state index in [-0.39, 0.29) is 4.88 Å². The van der Waals surface area contributed by atoms with Crippen LogP contribution in [0, 0.1) is 6.92 Å². The monoisotopic (exact) mass is 283 g/mol. The molecule has 7 heteroatoms. The minimum Gasteiger partial charge on any atom is -0.477 e. The molecule has 2 aromatic heterocycles. The topological polar surface area (TPSA) is 75.1 Å². The third-order valence-corrected chi connectivity index (χ3v) is 4.65. The number of hydrogen-bond donors (Lipinski definition) is 2. The van der Waals surface area contributed by atoms with Crippen molar-refractivity contribution in [2.45, 2.75) is 18.1 Å². The molecule has 2 aromatic rings. The molecule has 2 heterocycles. The predicted octanol–water partition coefficient (Wildman–Crippen LogP) is 2.85. The van der Waals surface area contributed by atoms with Gasteiger partial charge in [0.25, 0.3) is 0 Å². The summed E-state index contributed by atoms with van der Waals surface area (Å²) >= 11 is 2.77. The first-order valence-corrected chi connectivity index (χ1v) is 7.44. The van der Waals surface area contributed by atoms with Gasteiger partial charge >= 0.3 is 5.97 Å². The molecule has 0 aliphatic carbocycles. The summed E-state index contributed by atoms with van der Waals surface area (Å²) < 4.78 is 0.929. The van der Waals surface area contributed by atoms with Gasteiger partial charge < -0.3 is 10.4 Å². The van der Waals surface area contributed by atoms with E-state index < -0.39 is 5.97 Å². The third kappa shape index (κ3) is 2.15. The zero-order chi connectivity index (χ0) is 13.3. The van der Waals surface area contributed by atoms with E-state index in [9.17, 15) is 9.90 Å². The highest BCUT2D eigenvalue weighted by Crippen LogP contribution is 2.39. The van der Waals surface area contributed by atoms with Crippen LogP contribution in [0.4, 0.5) is 5.82 Å². The van der Waals surface area contributed by atoms with Crippen LogP contribution in [0.5, 0.6) is 0 Å². The van der Waals surface area contributed by atoms with Crippen molar-refractivity contribution in [1.82, 2.24) is 9.97 Å². The number of nitrogens with one attached hydrogen (secondary N) is 1. The van der Waals surface area contributed by atoms with Crippen molar-refractivity contribution in [2.75, 3.05) is 18.1 Å². The van der Waals surface area contributed by atoms with E-state index in [4.69, 9.17) is 0 Å².